The lowest BCUT2D eigenvalue weighted by molar-refractivity contribution is -0.120. The topological polar surface area (TPSA) is 80.9 Å². The lowest BCUT2D eigenvalue weighted by atomic mass is 10.1. The van der Waals surface area contributed by atoms with Crippen molar-refractivity contribution in [1.29, 1.82) is 0 Å². The molecule has 0 aromatic carbocycles. The molecule has 0 bridgehead atoms. The molecule has 1 heterocycles. The molecule has 0 aliphatic carbocycles. The van der Waals surface area contributed by atoms with Crippen molar-refractivity contribution in [3.05, 3.63) is 5.01 Å². The summed E-state index contributed by atoms with van der Waals surface area (Å²) in [4.78, 5) is 11.6. The van der Waals surface area contributed by atoms with Crippen LogP contribution in [0.3, 0.4) is 0 Å². The number of carbonyl (C=O) groups excluding carboxylic acids is 1. The van der Waals surface area contributed by atoms with Crippen LogP contribution in [-0.4, -0.2) is 21.6 Å². The number of rotatable bonds is 4. The zero-order valence-corrected chi connectivity index (χ0v) is 10.9. The number of nitrogens with two attached hydrogens (primary N) is 1. The van der Waals surface area contributed by atoms with E-state index in [1.807, 2.05) is 0 Å². The Labute approximate surface area is 99.5 Å². The van der Waals surface area contributed by atoms with E-state index in [-0.39, 0.29) is 5.91 Å². The summed E-state index contributed by atoms with van der Waals surface area (Å²) in [6, 6.07) is 0. The minimum atomic E-state index is -0.899. The number of hydrogen-bond acceptors (Lipinski definition) is 5. The van der Waals surface area contributed by atoms with E-state index in [2.05, 4.69) is 29.4 Å². The number of hydrogen-bond donors (Lipinski definition) is 2. The third kappa shape index (κ3) is 3.86. The predicted molar refractivity (Wildman–Crippen MR) is 65.3 cm³/mol. The van der Waals surface area contributed by atoms with E-state index in [1.165, 1.54) is 11.3 Å². The number of amides is 1. The number of nitrogens with zero attached hydrogens (tertiary/aromatic N) is 2. The first-order valence-corrected chi connectivity index (χ1v) is 6.03. The first kappa shape index (κ1) is 13.1. The van der Waals surface area contributed by atoms with Crippen LogP contribution in [0.1, 0.15) is 32.7 Å². The molecule has 3 N–H and O–H groups in total. The molecule has 0 radical (unpaired) electrons. The van der Waals surface area contributed by atoms with Crippen LogP contribution >= 0.6 is 11.3 Å². The van der Waals surface area contributed by atoms with Gasteiger partial charge in [0, 0.05) is 6.42 Å². The summed E-state index contributed by atoms with van der Waals surface area (Å²) >= 11 is 1.40. The van der Waals surface area contributed by atoms with E-state index in [4.69, 9.17) is 5.73 Å². The molecule has 0 atom stereocenters. The molecule has 0 unspecified atom stereocenters. The molecule has 1 aromatic rings. The van der Waals surface area contributed by atoms with Crippen molar-refractivity contribution >= 4 is 22.4 Å². The van der Waals surface area contributed by atoms with Crippen molar-refractivity contribution < 1.29 is 4.79 Å². The zero-order valence-electron chi connectivity index (χ0n) is 10.1. The fourth-order valence-corrected chi connectivity index (χ4v) is 1.94. The summed E-state index contributed by atoms with van der Waals surface area (Å²) in [6.45, 7) is 7.53. The molecular weight excluding hydrogens is 224 g/mol. The standard InChI is InChI=1S/C10H18N4OS/c1-6(2)5-7-13-14-9(16-7)12-8(15)10(3,4)11/h6H,5,11H2,1-4H3,(H,12,14,15). The Morgan fingerprint density at radius 1 is 1.50 bits per heavy atom. The van der Waals surface area contributed by atoms with E-state index < -0.39 is 5.54 Å². The molecule has 0 fully saturated rings. The molecule has 6 heteroatoms. The van der Waals surface area contributed by atoms with Crippen LogP contribution in [0.15, 0.2) is 0 Å². The summed E-state index contributed by atoms with van der Waals surface area (Å²) in [6.07, 6.45) is 0.875. The SMILES string of the molecule is CC(C)Cc1nnc(NC(=O)C(C)(C)N)s1. The molecule has 0 aliphatic rings. The fourth-order valence-electron chi connectivity index (χ4n) is 0.994. The molecule has 16 heavy (non-hydrogen) atoms. The lowest BCUT2D eigenvalue weighted by Crippen LogP contribution is -2.45. The maximum Gasteiger partial charge on any atom is 0.245 e. The molecule has 90 valence electrons. The Morgan fingerprint density at radius 2 is 2.12 bits per heavy atom. The normalized spacial score (nSPS) is 11.9. The molecule has 1 amide bonds. The Morgan fingerprint density at radius 3 is 2.62 bits per heavy atom. The van der Waals surface area contributed by atoms with Crippen LogP contribution in [0.25, 0.3) is 0 Å². The van der Waals surface area contributed by atoms with Crippen LogP contribution in [0.5, 0.6) is 0 Å². The Balaban J connectivity index is 2.62. The van der Waals surface area contributed by atoms with E-state index >= 15 is 0 Å². The highest BCUT2D eigenvalue weighted by atomic mass is 32.1. The second kappa shape index (κ2) is 4.88. The fraction of sp³-hybridized carbons (Fsp3) is 0.700. The van der Waals surface area contributed by atoms with Gasteiger partial charge in [-0.2, -0.15) is 0 Å². The summed E-state index contributed by atoms with van der Waals surface area (Å²) in [5.41, 5.74) is 4.76. The van der Waals surface area contributed by atoms with Gasteiger partial charge in [-0.05, 0) is 19.8 Å². The predicted octanol–water partition coefficient (Wildman–Crippen LogP) is 1.41. The highest BCUT2D eigenvalue weighted by Crippen LogP contribution is 2.18. The molecule has 1 aromatic heterocycles. The van der Waals surface area contributed by atoms with Crippen molar-refractivity contribution in [2.24, 2.45) is 11.7 Å². The monoisotopic (exact) mass is 242 g/mol. The van der Waals surface area contributed by atoms with Gasteiger partial charge in [0.1, 0.15) is 5.01 Å². The summed E-state index contributed by atoms with van der Waals surface area (Å²) in [7, 11) is 0. The van der Waals surface area contributed by atoms with Crippen LogP contribution in [-0.2, 0) is 11.2 Å². The van der Waals surface area contributed by atoms with Gasteiger partial charge in [-0.1, -0.05) is 25.2 Å². The third-order valence-electron chi connectivity index (χ3n) is 1.86. The lowest BCUT2D eigenvalue weighted by Gasteiger charge is -2.15. The van der Waals surface area contributed by atoms with E-state index in [9.17, 15) is 4.79 Å². The van der Waals surface area contributed by atoms with Gasteiger partial charge >= 0.3 is 0 Å². The average molecular weight is 242 g/mol. The number of carbonyl (C=O) groups is 1. The average Bonchev–Trinajstić information content (AvgIpc) is 2.49. The molecule has 0 saturated carbocycles. The van der Waals surface area contributed by atoms with Gasteiger partial charge in [0.05, 0.1) is 5.54 Å². The summed E-state index contributed by atoms with van der Waals surface area (Å²) in [5, 5.41) is 12.0. The van der Waals surface area contributed by atoms with E-state index in [0.717, 1.165) is 11.4 Å². The molecule has 0 saturated heterocycles. The third-order valence-corrected chi connectivity index (χ3v) is 2.72. The number of anilines is 1. The van der Waals surface area contributed by atoms with Crippen molar-refractivity contribution in [3.8, 4) is 0 Å². The summed E-state index contributed by atoms with van der Waals surface area (Å²) in [5.74, 6) is 0.280. The van der Waals surface area contributed by atoms with Gasteiger partial charge in [-0.25, -0.2) is 0 Å². The number of nitrogens with one attached hydrogen (secondary N) is 1. The second-order valence-electron chi connectivity index (χ2n) is 4.77. The van der Waals surface area contributed by atoms with Gasteiger partial charge in [0.2, 0.25) is 11.0 Å². The highest BCUT2D eigenvalue weighted by molar-refractivity contribution is 7.15. The second-order valence-corrected chi connectivity index (χ2v) is 5.84. The van der Waals surface area contributed by atoms with Gasteiger partial charge in [-0.3, -0.25) is 10.1 Å². The minimum absolute atomic E-state index is 0.250. The van der Waals surface area contributed by atoms with Crippen LogP contribution in [0.2, 0.25) is 0 Å². The molecule has 1 rings (SSSR count). The van der Waals surface area contributed by atoms with Gasteiger partial charge in [0.25, 0.3) is 0 Å². The first-order valence-electron chi connectivity index (χ1n) is 5.21. The zero-order chi connectivity index (χ0) is 12.3. The molecule has 0 spiro atoms. The minimum Gasteiger partial charge on any atom is -0.318 e. The first-order chi connectivity index (χ1) is 7.29. The summed E-state index contributed by atoms with van der Waals surface area (Å²) < 4.78 is 0. The molecule has 5 nitrogen and oxygen atoms in total. The van der Waals surface area contributed by atoms with E-state index in [1.54, 1.807) is 13.8 Å². The Kier molecular flexibility index (Phi) is 3.98. The van der Waals surface area contributed by atoms with Gasteiger partial charge in [-0.15, -0.1) is 10.2 Å². The van der Waals surface area contributed by atoms with E-state index in [0.29, 0.717) is 11.0 Å². The Hall–Kier alpha value is -1.01. The van der Waals surface area contributed by atoms with Crippen molar-refractivity contribution in [2.45, 2.75) is 39.7 Å². The maximum absolute atomic E-state index is 11.6. The van der Waals surface area contributed by atoms with Crippen molar-refractivity contribution in [3.63, 3.8) is 0 Å². The smallest absolute Gasteiger partial charge is 0.245 e. The largest absolute Gasteiger partial charge is 0.318 e. The molecular formula is C10H18N4OS. The molecule has 0 aliphatic heterocycles. The van der Waals surface area contributed by atoms with Crippen molar-refractivity contribution in [1.82, 2.24) is 10.2 Å². The Bertz CT molecular complexity index is 367. The quantitative estimate of drug-likeness (QED) is 0.836. The highest BCUT2D eigenvalue weighted by Gasteiger charge is 2.23. The van der Waals surface area contributed by atoms with Crippen LogP contribution < -0.4 is 11.1 Å². The van der Waals surface area contributed by atoms with Gasteiger partial charge in [0.15, 0.2) is 0 Å². The van der Waals surface area contributed by atoms with Gasteiger partial charge < -0.3 is 5.73 Å². The van der Waals surface area contributed by atoms with Crippen molar-refractivity contribution in [2.75, 3.05) is 5.32 Å². The van der Waals surface area contributed by atoms with Crippen LogP contribution in [0.4, 0.5) is 5.13 Å². The maximum atomic E-state index is 11.6. The number of aromatic nitrogens is 2. The van der Waals surface area contributed by atoms with Crippen LogP contribution in [0, 0.1) is 5.92 Å².